The minimum atomic E-state index is -4.88. The third-order valence-corrected chi connectivity index (χ3v) is 2.90. The van der Waals surface area contributed by atoms with Gasteiger partial charge in [-0.2, -0.15) is 21.6 Å². The highest BCUT2D eigenvalue weighted by Crippen LogP contribution is 2.22. The van der Waals surface area contributed by atoms with E-state index in [2.05, 4.69) is 4.18 Å². The van der Waals surface area contributed by atoms with Crippen LogP contribution >= 0.6 is 0 Å². The second-order valence-electron chi connectivity index (χ2n) is 3.79. The van der Waals surface area contributed by atoms with E-state index < -0.39 is 28.3 Å². The molecule has 1 aliphatic heterocycles. The molecule has 0 bridgehead atoms. The Labute approximate surface area is 96.7 Å². The number of halogens is 3. The highest BCUT2D eigenvalue weighted by Gasteiger charge is 2.43. The fourth-order valence-corrected chi connectivity index (χ4v) is 2.27. The Hall–Kier alpha value is -0.830. The highest BCUT2D eigenvalue weighted by atomic mass is 32.2. The second-order valence-corrected chi connectivity index (χ2v) is 5.39. The summed E-state index contributed by atoms with van der Waals surface area (Å²) < 4.78 is 62.5. The normalized spacial score (nSPS) is 19.4. The van der Waals surface area contributed by atoms with Crippen LogP contribution in [0.25, 0.3) is 0 Å². The van der Waals surface area contributed by atoms with Crippen LogP contribution in [0.3, 0.4) is 0 Å². The first-order chi connectivity index (χ1) is 7.59. The Morgan fingerprint density at radius 2 is 1.76 bits per heavy atom. The molecule has 0 radical (unpaired) electrons. The molecule has 0 atom stereocenters. The van der Waals surface area contributed by atoms with E-state index >= 15 is 0 Å². The molecule has 100 valence electrons. The number of amides is 1. The van der Waals surface area contributed by atoms with E-state index in [-0.39, 0.29) is 25.9 Å². The standard InChI is InChI=1S/C8H12F3NO4S/c1-17(14,15)16-6-2-4-12(5-3-6)7(13)8(9,10)11/h6H,2-5H2,1H3. The van der Waals surface area contributed by atoms with E-state index in [9.17, 15) is 26.4 Å². The monoisotopic (exact) mass is 275 g/mol. The molecule has 5 nitrogen and oxygen atoms in total. The zero-order valence-corrected chi connectivity index (χ0v) is 9.84. The molecule has 9 heteroatoms. The number of hydrogen-bond donors (Lipinski definition) is 0. The number of carbonyl (C=O) groups excluding carboxylic acids is 1. The molecule has 0 aliphatic carbocycles. The molecule has 1 rings (SSSR count). The van der Waals surface area contributed by atoms with Crippen LogP contribution in [-0.4, -0.2) is 50.9 Å². The zero-order chi connectivity index (χ0) is 13.3. The first-order valence-corrected chi connectivity index (χ1v) is 6.65. The zero-order valence-electron chi connectivity index (χ0n) is 9.03. The summed E-state index contributed by atoms with van der Waals surface area (Å²) in [5, 5.41) is 0. The van der Waals surface area contributed by atoms with E-state index in [1.165, 1.54) is 0 Å². The minimum absolute atomic E-state index is 0.0783. The Bertz CT molecular complexity index is 384. The maximum Gasteiger partial charge on any atom is 0.471 e. The molecular formula is C8H12F3NO4S. The molecule has 1 heterocycles. The van der Waals surface area contributed by atoms with Gasteiger partial charge in [-0.3, -0.25) is 8.98 Å². The van der Waals surface area contributed by atoms with Gasteiger partial charge in [-0.25, -0.2) is 0 Å². The van der Waals surface area contributed by atoms with Crippen LogP contribution in [0.5, 0.6) is 0 Å². The number of rotatable bonds is 2. The lowest BCUT2D eigenvalue weighted by molar-refractivity contribution is -0.187. The van der Waals surface area contributed by atoms with E-state index in [1.807, 2.05) is 0 Å². The van der Waals surface area contributed by atoms with E-state index in [1.54, 1.807) is 0 Å². The van der Waals surface area contributed by atoms with Gasteiger partial charge in [0.15, 0.2) is 0 Å². The van der Waals surface area contributed by atoms with Crippen molar-refractivity contribution in [1.82, 2.24) is 4.90 Å². The van der Waals surface area contributed by atoms with Gasteiger partial charge < -0.3 is 4.90 Å². The summed E-state index contributed by atoms with van der Waals surface area (Å²) in [5.74, 6) is -1.89. The molecule has 1 aliphatic rings. The smallest absolute Gasteiger partial charge is 0.335 e. The molecule has 0 saturated carbocycles. The maximum absolute atomic E-state index is 12.1. The lowest BCUT2D eigenvalue weighted by Gasteiger charge is -2.31. The number of hydrogen-bond acceptors (Lipinski definition) is 4. The van der Waals surface area contributed by atoms with Crippen molar-refractivity contribution >= 4 is 16.0 Å². The predicted molar refractivity (Wildman–Crippen MR) is 51.6 cm³/mol. The largest absolute Gasteiger partial charge is 0.471 e. The molecule has 0 spiro atoms. The third kappa shape index (κ3) is 4.50. The average molecular weight is 275 g/mol. The van der Waals surface area contributed by atoms with Gasteiger partial charge in [-0.15, -0.1) is 0 Å². The fourth-order valence-electron chi connectivity index (χ4n) is 1.58. The first-order valence-electron chi connectivity index (χ1n) is 4.84. The van der Waals surface area contributed by atoms with Crippen molar-refractivity contribution < 1.29 is 30.6 Å². The lowest BCUT2D eigenvalue weighted by atomic mass is 10.1. The predicted octanol–water partition coefficient (Wildman–Crippen LogP) is 0.516. The topological polar surface area (TPSA) is 63.7 Å². The van der Waals surface area contributed by atoms with Gasteiger partial charge in [0.05, 0.1) is 12.4 Å². The number of alkyl halides is 3. The van der Waals surface area contributed by atoms with Crippen LogP contribution in [-0.2, 0) is 19.1 Å². The van der Waals surface area contributed by atoms with Gasteiger partial charge in [0.25, 0.3) is 10.1 Å². The van der Waals surface area contributed by atoms with Crippen LogP contribution in [0, 0.1) is 0 Å². The Morgan fingerprint density at radius 1 is 1.29 bits per heavy atom. The van der Waals surface area contributed by atoms with Gasteiger partial charge in [-0.1, -0.05) is 0 Å². The van der Waals surface area contributed by atoms with Gasteiger partial charge in [0.2, 0.25) is 0 Å². The highest BCUT2D eigenvalue weighted by molar-refractivity contribution is 7.86. The summed E-state index contributed by atoms with van der Waals surface area (Å²) in [6, 6.07) is 0. The molecule has 0 aromatic carbocycles. The summed E-state index contributed by atoms with van der Waals surface area (Å²) >= 11 is 0. The molecule has 0 aromatic heterocycles. The van der Waals surface area contributed by atoms with Gasteiger partial charge in [-0.05, 0) is 12.8 Å². The molecule has 17 heavy (non-hydrogen) atoms. The summed E-state index contributed by atoms with van der Waals surface area (Å²) in [4.78, 5) is 11.5. The molecule has 1 amide bonds. The van der Waals surface area contributed by atoms with E-state index in [0.717, 1.165) is 6.26 Å². The van der Waals surface area contributed by atoms with Crippen molar-refractivity contribution in [2.75, 3.05) is 19.3 Å². The van der Waals surface area contributed by atoms with Gasteiger partial charge >= 0.3 is 12.1 Å². The van der Waals surface area contributed by atoms with E-state index in [0.29, 0.717) is 4.90 Å². The summed E-state index contributed by atoms with van der Waals surface area (Å²) in [6.07, 6.45) is -4.50. The summed E-state index contributed by atoms with van der Waals surface area (Å²) in [6.45, 7) is -0.308. The van der Waals surface area contributed by atoms with Gasteiger partial charge in [0.1, 0.15) is 0 Å². The van der Waals surface area contributed by atoms with Crippen LogP contribution in [0.15, 0.2) is 0 Å². The van der Waals surface area contributed by atoms with Crippen molar-refractivity contribution in [3.05, 3.63) is 0 Å². The number of carbonyl (C=O) groups is 1. The van der Waals surface area contributed by atoms with Crippen molar-refractivity contribution in [3.8, 4) is 0 Å². The van der Waals surface area contributed by atoms with Crippen molar-refractivity contribution in [3.63, 3.8) is 0 Å². The SMILES string of the molecule is CS(=O)(=O)OC1CCN(C(=O)C(F)(F)F)CC1. The third-order valence-electron chi connectivity index (χ3n) is 2.28. The van der Waals surface area contributed by atoms with Crippen molar-refractivity contribution in [2.24, 2.45) is 0 Å². The maximum atomic E-state index is 12.1. The van der Waals surface area contributed by atoms with Crippen LogP contribution in [0.4, 0.5) is 13.2 Å². The molecule has 1 saturated heterocycles. The van der Waals surface area contributed by atoms with Crippen molar-refractivity contribution in [1.29, 1.82) is 0 Å². The molecule has 0 unspecified atom stereocenters. The molecular weight excluding hydrogens is 263 g/mol. The quantitative estimate of drug-likeness (QED) is 0.689. The minimum Gasteiger partial charge on any atom is -0.335 e. The molecule has 1 fully saturated rings. The number of likely N-dealkylation sites (tertiary alicyclic amines) is 1. The van der Waals surface area contributed by atoms with Gasteiger partial charge in [0, 0.05) is 13.1 Å². The lowest BCUT2D eigenvalue weighted by Crippen LogP contribution is -2.46. The van der Waals surface area contributed by atoms with Crippen LogP contribution < -0.4 is 0 Å². The molecule has 0 N–H and O–H groups in total. The van der Waals surface area contributed by atoms with Crippen molar-refractivity contribution in [2.45, 2.75) is 25.1 Å². The van der Waals surface area contributed by atoms with Crippen LogP contribution in [0.2, 0.25) is 0 Å². The number of nitrogens with zero attached hydrogens (tertiary/aromatic N) is 1. The fraction of sp³-hybridized carbons (Fsp3) is 0.875. The Balaban J connectivity index is 2.49. The summed E-state index contributed by atoms with van der Waals surface area (Å²) in [5.41, 5.74) is 0. The Kier molecular flexibility index (Phi) is 4.03. The Morgan fingerprint density at radius 3 is 2.12 bits per heavy atom. The molecule has 0 aromatic rings. The van der Waals surface area contributed by atoms with Crippen LogP contribution in [0.1, 0.15) is 12.8 Å². The average Bonchev–Trinajstić information content (AvgIpc) is 2.14. The first kappa shape index (κ1) is 14.2. The van der Waals surface area contributed by atoms with E-state index in [4.69, 9.17) is 0 Å². The summed E-state index contributed by atoms with van der Waals surface area (Å²) in [7, 11) is -3.62. The second kappa shape index (κ2) is 4.81. The number of piperidine rings is 1.